The van der Waals surface area contributed by atoms with Crippen LogP contribution in [0.4, 0.5) is 5.69 Å². The normalized spacial score (nSPS) is 10.8. The molecule has 3 rings (SSSR count). The lowest BCUT2D eigenvalue weighted by Crippen LogP contribution is -2.06. The van der Waals surface area contributed by atoms with E-state index in [1.54, 1.807) is 31.4 Å². The standard InChI is InChI=1S/C14H9NO5/c1-19-9-3-4-10-8(6-9)2-5-13-11(10)7-12(15(17)18)14(16)20-13/h2-7H,1H3. The van der Waals surface area contributed by atoms with Gasteiger partial charge in [0.15, 0.2) is 0 Å². The van der Waals surface area contributed by atoms with Crippen LogP contribution in [0.3, 0.4) is 0 Å². The summed E-state index contributed by atoms with van der Waals surface area (Å²) in [5, 5.41) is 13.0. The largest absolute Gasteiger partial charge is 0.497 e. The highest BCUT2D eigenvalue weighted by Crippen LogP contribution is 2.29. The van der Waals surface area contributed by atoms with Crippen LogP contribution in [0.2, 0.25) is 0 Å². The highest BCUT2D eigenvalue weighted by atomic mass is 16.6. The van der Waals surface area contributed by atoms with E-state index in [2.05, 4.69) is 0 Å². The van der Waals surface area contributed by atoms with Crippen LogP contribution in [0.15, 0.2) is 45.6 Å². The monoisotopic (exact) mass is 271 g/mol. The smallest absolute Gasteiger partial charge is 0.415 e. The van der Waals surface area contributed by atoms with Crippen LogP contribution in [-0.4, -0.2) is 12.0 Å². The van der Waals surface area contributed by atoms with Crippen molar-refractivity contribution in [2.75, 3.05) is 7.11 Å². The van der Waals surface area contributed by atoms with E-state index in [0.717, 1.165) is 10.8 Å². The first-order chi connectivity index (χ1) is 9.60. The van der Waals surface area contributed by atoms with Gasteiger partial charge in [-0.05, 0) is 35.0 Å². The molecule has 0 saturated carbocycles. The van der Waals surface area contributed by atoms with Gasteiger partial charge in [-0.3, -0.25) is 10.1 Å². The van der Waals surface area contributed by atoms with Gasteiger partial charge < -0.3 is 9.15 Å². The van der Waals surface area contributed by atoms with Gasteiger partial charge in [0.25, 0.3) is 0 Å². The molecule has 0 aliphatic rings. The fraction of sp³-hybridized carbons (Fsp3) is 0.0714. The molecule has 0 unspecified atom stereocenters. The third-order valence-corrected chi connectivity index (χ3v) is 3.12. The molecule has 1 heterocycles. The van der Waals surface area contributed by atoms with Gasteiger partial charge in [-0.1, -0.05) is 6.07 Å². The second kappa shape index (κ2) is 4.34. The average molecular weight is 271 g/mol. The molecule has 0 saturated heterocycles. The van der Waals surface area contributed by atoms with Gasteiger partial charge in [-0.2, -0.15) is 0 Å². The van der Waals surface area contributed by atoms with Crippen molar-refractivity contribution in [2.24, 2.45) is 0 Å². The predicted molar refractivity (Wildman–Crippen MR) is 73.2 cm³/mol. The fourth-order valence-electron chi connectivity index (χ4n) is 2.15. The molecule has 0 aliphatic carbocycles. The predicted octanol–water partition coefficient (Wildman–Crippen LogP) is 2.86. The molecule has 20 heavy (non-hydrogen) atoms. The van der Waals surface area contributed by atoms with E-state index in [9.17, 15) is 14.9 Å². The van der Waals surface area contributed by atoms with Crippen LogP contribution in [-0.2, 0) is 0 Å². The molecule has 1 aromatic heterocycles. The molecule has 0 spiro atoms. The molecule has 0 amide bonds. The number of ether oxygens (including phenoxy) is 1. The van der Waals surface area contributed by atoms with Crippen molar-refractivity contribution >= 4 is 27.4 Å². The summed E-state index contributed by atoms with van der Waals surface area (Å²) in [7, 11) is 1.56. The Balaban J connectivity index is 2.43. The number of hydrogen-bond donors (Lipinski definition) is 0. The zero-order chi connectivity index (χ0) is 14.3. The average Bonchev–Trinajstić information content (AvgIpc) is 2.45. The summed E-state index contributed by atoms with van der Waals surface area (Å²) in [5.41, 5.74) is -1.20. The van der Waals surface area contributed by atoms with Crippen molar-refractivity contribution in [3.8, 4) is 5.75 Å². The van der Waals surface area contributed by atoms with E-state index < -0.39 is 16.2 Å². The van der Waals surface area contributed by atoms with Crippen molar-refractivity contribution in [3.05, 3.63) is 56.9 Å². The second-order valence-corrected chi connectivity index (χ2v) is 4.24. The van der Waals surface area contributed by atoms with E-state index in [4.69, 9.17) is 9.15 Å². The van der Waals surface area contributed by atoms with Gasteiger partial charge in [0, 0.05) is 11.5 Å². The number of methoxy groups -OCH3 is 1. The Morgan fingerprint density at radius 3 is 2.65 bits per heavy atom. The van der Waals surface area contributed by atoms with E-state index >= 15 is 0 Å². The highest BCUT2D eigenvalue weighted by Gasteiger charge is 2.16. The first-order valence-corrected chi connectivity index (χ1v) is 5.79. The maximum atomic E-state index is 11.5. The van der Waals surface area contributed by atoms with Crippen molar-refractivity contribution < 1.29 is 14.1 Å². The highest BCUT2D eigenvalue weighted by molar-refractivity contribution is 6.06. The maximum Gasteiger partial charge on any atom is 0.415 e. The van der Waals surface area contributed by atoms with Crippen LogP contribution in [0.25, 0.3) is 21.7 Å². The molecule has 6 heteroatoms. The zero-order valence-electron chi connectivity index (χ0n) is 10.5. The molecule has 0 aliphatic heterocycles. The van der Waals surface area contributed by atoms with Gasteiger partial charge in [0.1, 0.15) is 11.3 Å². The Morgan fingerprint density at radius 2 is 1.95 bits per heavy atom. The van der Waals surface area contributed by atoms with E-state index in [-0.39, 0.29) is 0 Å². The number of rotatable bonds is 2. The van der Waals surface area contributed by atoms with Gasteiger partial charge >= 0.3 is 11.3 Å². The Kier molecular flexibility index (Phi) is 2.64. The summed E-state index contributed by atoms with van der Waals surface area (Å²) in [6.45, 7) is 0. The third kappa shape index (κ3) is 1.78. The second-order valence-electron chi connectivity index (χ2n) is 4.24. The molecular formula is C14H9NO5. The molecule has 100 valence electrons. The first-order valence-electron chi connectivity index (χ1n) is 5.79. The number of fused-ring (bicyclic) bond motifs is 3. The van der Waals surface area contributed by atoms with E-state index in [0.29, 0.717) is 16.7 Å². The summed E-state index contributed by atoms with van der Waals surface area (Å²) in [4.78, 5) is 21.6. The van der Waals surface area contributed by atoms with E-state index in [1.807, 2.05) is 6.07 Å². The Bertz CT molecular complexity index is 897. The minimum absolute atomic E-state index is 0.318. The van der Waals surface area contributed by atoms with Crippen LogP contribution in [0.1, 0.15) is 0 Å². The van der Waals surface area contributed by atoms with Crippen molar-refractivity contribution in [1.29, 1.82) is 0 Å². The van der Waals surface area contributed by atoms with Crippen LogP contribution in [0.5, 0.6) is 5.75 Å². The minimum Gasteiger partial charge on any atom is -0.497 e. The van der Waals surface area contributed by atoms with Crippen LogP contribution < -0.4 is 10.4 Å². The quantitative estimate of drug-likeness (QED) is 0.310. The summed E-state index contributed by atoms with van der Waals surface area (Å²) in [6.07, 6.45) is 0. The minimum atomic E-state index is -0.949. The Labute approximate surface area is 112 Å². The molecule has 6 nitrogen and oxygen atoms in total. The first kappa shape index (κ1) is 12.2. The lowest BCUT2D eigenvalue weighted by atomic mass is 10.1. The molecule has 0 bridgehead atoms. The van der Waals surface area contributed by atoms with Crippen molar-refractivity contribution in [1.82, 2.24) is 0 Å². The molecule has 0 fully saturated rings. The summed E-state index contributed by atoms with van der Waals surface area (Å²) < 4.78 is 10.1. The number of nitro groups is 1. The third-order valence-electron chi connectivity index (χ3n) is 3.12. The van der Waals surface area contributed by atoms with Crippen molar-refractivity contribution in [2.45, 2.75) is 0 Å². The summed E-state index contributed by atoms with van der Waals surface area (Å²) >= 11 is 0. The number of benzene rings is 2. The fourth-order valence-corrected chi connectivity index (χ4v) is 2.15. The molecular weight excluding hydrogens is 262 g/mol. The van der Waals surface area contributed by atoms with Crippen LogP contribution >= 0.6 is 0 Å². The van der Waals surface area contributed by atoms with Crippen LogP contribution in [0, 0.1) is 10.1 Å². The van der Waals surface area contributed by atoms with Crippen molar-refractivity contribution in [3.63, 3.8) is 0 Å². The summed E-state index contributed by atoms with van der Waals surface area (Å²) in [5.74, 6) is 0.684. The zero-order valence-corrected chi connectivity index (χ0v) is 10.5. The molecule has 0 N–H and O–H groups in total. The summed E-state index contributed by atoms with van der Waals surface area (Å²) in [6, 6.07) is 9.97. The lowest BCUT2D eigenvalue weighted by molar-refractivity contribution is -0.387. The molecule has 2 aromatic carbocycles. The van der Waals surface area contributed by atoms with Gasteiger partial charge in [-0.25, -0.2) is 4.79 Å². The molecule has 0 radical (unpaired) electrons. The van der Waals surface area contributed by atoms with Gasteiger partial charge in [0.2, 0.25) is 0 Å². The van der Waals surface area contributed by atoms with Gasteiger partial charge in [0.05, 0.1) is 12.0 Å². The maximum absolute atomic E-state index is 11.5. The van der Waals surface area contributed by atoms with Gasteiger partial charge in [-0.15, -0.1) is 0 Å². The number of hydrogen-bond acceptors (Lipinski definition) is 5. The van der Waals surface area contributed by atoms with E-state index in [1.165, 1.54) is 6.07 Å². The molecule has 3 aromatic rings. The Morgan fingerprint density at radius 1 is 1.15 bits per heavy atom. The topological polar surface area (TPSA) is 82.6 Å². The SMILES string of the molecule is COc1ccc2c(ccc3oc(=O)c([N+](=O)[O-])cc32)c1. The number of nitrogens with zero attached hydrogens (tertiary/aromatic N) is 1. The lowest BCUT2D eigenvalue weighted by Gasteiger charge is -2.05. The molecule has 0 atom stereocenters. The Hall–Kier alpha value is -2.89.